The zero-order valence-corrected chi connectivity index (χ0v) is 18.9. The molecule has 0 saturated heterocycles. The van der Waals surface area contributed by atoms with Crippen LogP contribution in [0.25, 0.3) is 10.2 Å². The van der Waals surface area contributed by atoms with Crippen molar-refractivity contribution in [2.45, 2.75) is 13.5 Å². The molecule has 0 spiro atoms. The van der Waals surface area contributed by atoms with E-state index in [0.717, 1.165) is 21.5 Å². The predicted octanol–water partition coefficient (Wildman–Crippen LogP) is 4.47. The van der Waals surface area contributed by atoms with E-state index in [1.54, 1.807) is 28.9 Å². The van der Waals surface area contributed by atoms with Gasteiger partial charge in [-0.3, -0.25) is 14.9 Å². The predicted molar refractivity (Wildman–Crippen MR) is 119 cm³/mol. The molecule has 4 aromatic rings. The van der Waals surface area contributed by atoms with Crippen molar-refractivity contribution in [3.8, 4) is 0 Å². The van der Waals surface area contributed by atoms with Gasteiger partial charge in [0, 0.05) is 21.0 Å². The van der Waals surface area contributed by atoms with E-state index in [9.17, 15) is 14.4 Å². The third-order valence-electron chi connectivity index (χ3n) is 4.51. The summed E-state index contributed by atoms with van der Waals surface area (Å²) >= 11 is 13.7. The Labute approximate surface area is 195 Å². The summed E-state index contributed by atoms with van der Waals surface area (Å²) in [5, 5.41) is 8.41. The van der Waals surface area contributed by atoms with Crippen LogP contribution >= 0.6 is 34.5 Å². The number of rotatable bonds is 6. The van der Waals surface area contributed by atoms with Gasteiger partial charge in [0.1, 0.15) is 9.71 Å². The van der Waals surface area contributed by atoms with Gasteiger partial charge >= 0.3 is 5.97 Å². The van der Waals surface area contributed by atoms with Gasteiger partial charge in [0.05, 0.1) is 18.5 Å². The number of furan rings is 1. The topological polar surface area (TPSA) is 103 Å². The number of hydrogen-bond acceptors (Lipinski definition) is 7. The molecule has 0 radical (unpaired) electrons. The Balaban J connectivity index is 1.45. The molecule has 2 amide bonds. The summed E-state index contributed by atoms with van der Waals surface area (Å²) in [5.41, 5.74) is 1.44. The summed E-state index contributed by atoms with van der Waals surface area (Å²) in [7, 11) is 0. The molecule has 0 atom stereocenters. The minimum absolute atomic E-state index is 0.0205. The standard InChI is InChI=1S/C21H15Cl2N3O5S/c1-11-12-8-17(21(29)31-10-18(27)24-19(28)16-6-3-7-30-16)32-20(12)26(25-11)9-13-14(22)4-2-5-15(13)23/h2-8H,9-10H2,1H3,(H,24,27,28). The maximum atomic E-state index is 12.5. The molecule has 0 saturated carbocycles. The third kappa shape index (κ3) is 4.55. The van der Waals surface area contributed by atoms with Crippen LogP contribution in [0.2, 0.25) is 10.0 Å². The molecule has 1 N–H and O–H groups in total. The maximum Gasteiger partial charge on any atom is 0.348 e. The number of ether oxygens (including phenoxy) is 1. The first-order valence-electron chi connectivity index (χ1n) is 9.28. The molecule has 0 aliphatic heterocycles. The Kier molecular flexibility index (Phi) is 6.31. The summed E-state index contributed by atoms with van der Waals surface area (Å²) in [6.45, 7) is 1.54. The average Bonchev–Trinajstić information content (AvgIpc) is 3.48. The first-order valence-corrected chi connectivity index (χ1v) is 10.9. The Hall–Kier alpha value is -3.14. The van der Waals surface area contributed by atoms with E-state index >= 15 is 0 Å². The third-order valence-corrected chi connectivity index (χ3v) is 6.35. The van der Waals surface area contributed by atoms with Crippen LogP contribution in [0, 0.1) is 6.92 Å². The van der Waals surface area contributed by atoms with Crippen LogP contribution in [0.15, 0.2) is 47.1 Å². The number of halogens is 2. The van der Waals surface area contributed by atoms with Crippen molar-refractivity contribution in [3.05, 3.63) is 74.6 Å². The number of thiophene rings is 1. The quantitative estimate of drug-likeness (QED) is 0.399. The number of imide groups is 1. The van der Waals surface area contributed by atoms with E-state index in [-0.39, 0.29) is 5.76 Å². The van der Waals surface area contributed by atoms with Gasteiger partial charge in [0.2, 0.25) is 0 Å². The van der Waals surface area contributed by atoms with Crippen molar-refractivity contribution in [1.82, 2.24) is 15.1 Å². The monoisotopic (exact) mass is 491 g/mol. The number of fused-ring (bicyclic) bond motifs is 1. The molecular formula is C21H15Cl2N3O5S. The fourth-order valence-electron chi connectivity index (χ4n) is 2.99. The number of carbonyl (C=O) groups is 3. The van der Waals surface area contributed by atoms with Gasteiger partial charge in [-0.25, -0.2) is 9.48 Å². The molecular weight excluding hydrogens is 477 g/mol. The van der Waals surface area contributed by atoms with E-state index in [1.807, 2.05) is 6.92 Å². The highest BCUT2D eigenvalue weighted by Gasteiger charge is 2.20. The Morgan fingerprint density at radius 3 is 2.62 bits per heavy atom. The molecule has 1 aromatic carbocycles. The number of esters is 1. The van der Waals surface area contributed by atoms with Crippen LogP contribution in [0.1, 0.15) is 31.5 Å². The molecule has 32 heavy (non-hydrogen) atoms. The van der Waals surface area contributed by atoms with Crippen molar-refractivity contribution in [2.75, 3.05) is 6.61 Å². The summed E-state index contributed by atoms with van der Waals surface area (Å²) in [5.74, 6) is -2.19. The molecule has 164 valence electrons. The Morgan fingerprint density at radius 1 is 1.19 bits per heavy atom. The van der Waals surface area contributed by atoms with E-state index < -0.39 is 24.4 Å². The molecule has 0 bridgehead atoms. The SMILES string of the molecule is Cc1nn(Cc2c(Cl)cccc2Cl)c2sc(C(=O)OCC(=O)NC(=O)c3ccco3)cc12. The smallest absolute Gasteiger partial charge is 0.348 e. The van der Waals surface area contributed by atoms with Gasteiger partial charge < -0.3 is 9.15 Å². The van der Waals surface area contributed by atoms with Crippen molar-refractivity contribution >= 4 is 62.5 Å². The number of aryl methyl sites for hydroxylation is 1. The van der Waals surface area contributed by atoms with Gasteiger partial charge in [-0.1, -0.05) is 29.3 Å². The molecule has 0 aliphatic rings. The number of aromatic nitrogens is 2. The molecule has 8 nitrogen and oxygen atoms in total. The number of nitrogens with one attached hydrogen (secondary N) is 1. The number of hydrogen-bond donors (Lipinski definition) is 1. The second-order valence-electron chi connectivity index (χ2n) is 6.70. The highest BCUT2D eigenvalue weighted by molar-refractivity contribution is 7.20. The van der Waals surface area contributed by atoms with Gasteiger partial charge in [0.25, 0.3) is 11.8 Å². The van der Waals surface area contributed by atoms with E-state index in [0.29, 0.717) is 21.5 Å². The van der Waals surface area contributed by atoms with Gasteiger partial charge in [-0.15, -0.1) is 11.3 Å². The fourth-order valence-corrected chi connectivity index (χ4v) is 4.56. The molecule has 0 fully saturated rings. The first kappa shape index (κ1) is 22.1. The van der Waals surface area contributed by atoms with Crippen LogP contribution in [-0.2, 0) is 16.1 Å². The molecule has 11 heteroatoms. The lowest BCUT2D eigenvalue weighted by atomic mass is 10.2. The zero-order valence-electron chi connectivity index (χ0n) is 16.6. The highest BCUT2D eigenvalue weighted by atomic mass is 35.5. The van der Waals surface area contributed by atoms with Crippen molar-refractivity contribution in [3.63, 3.8) is 0 Å². The molecule has 0 aliphatic carbocycles. The van der Waals surface area contributed by atoms with Crippen LogP contribution in [-0.4, -0.2) is 34.2 Å². The number of nitrogens with zero attached hydrogens (tertiary/aromatic N) is 2. The average molecular weight is 492 g/mol. The Morgan fingerprint density at radius 2 is 1.94 bits per heavy atom. The highest BCUT2D eigenvalue weighted by Crippen LogP contribution is 2.31. The Bertz CT molecular complexity index is 1310. The summed E-state index contributed by atoms with van der Waals surface area (Å²) in [4.78, 5) is 37.2. The minimum atomic E-state index is -0.767. The fraction of sp³-hybridized carbons (Fsp3) is 0.143. The van der Waals surface area contributed by atoms with Crippen LogP contribution in [0.5, 0.6) is 0 Å². The summed E-state index contributed by atoms with van der Waals surface area (Å²) < 4.78 is 11.7. The molecule has 4 rings (SSSR count). The normalized spacial score (nSPS) is 11.0. The first-order chi connectivity index (χ1) is 15.3. The number of carbonyl (C=O) groups excluding carboxylic acids is 3. The van der Waals surface area contributed by atoms with Gasteiger partial charge in [-0.2, -0.15) is 5.10 Å². The molecule has 3 aromatic heterocycles. The summed E-state index contributed by atoms with van der Waals surface area (Å²) in [6, 6.07) is 9.83. The van der Waals surface area contributed by atoms with E-state index in [2.05, 4.69) is 10.4 Å². The van der Waals surface area contributed by atoms with E-state index in [1.165, 1.54) is 29.7 Å². The summed E-state index contributed by atoms with van der Waals surface area (Å²) in [6.07, 6.45) is 1.31. The van der Waals surface area contributed by atoms with Crippen molar-refractivity contribution in [1.29, 1.82) is 0 Å². The van der Waals surface area contributed by atoms with Gasteiger partial charge in [-0.05, 0) is 37.3 Å². The lowest BCUT2D eigenvalue weighted by molar-refractivity contribution is -0.123. The second kappa shape index (κ2) is 9.15. The molecule has 3 heterocycles. The number of amides is 2. The van der Waals surface area contributed by atoms with Crippen LogP contribution < -0.4 is 5.32 Å². The minimum Gasteiger partial charge on any atom is -0.459 e. The maximum absolute atomic E-state index is 12.5. The lowest BCUT2D eigenvalue weighted by Gasteiger charge is -2.07. The molecule has 0 unspecified atom stereocenters. The van der Waals surface area contributed by atoms with Gasteiger partial charge in [0.15, 0.2) is 12.4 Å². The number of benzene rings is 1. The zero-order chi connectivity index (χ0) is 22.8. The van der Waals surface area contributed by atoms with Crippen LogP contribution in [0.3, 0.4) is 0 Å². The largest absolute Gasteiger partial charge is 0.459 e. The van der Waals surface area contributed by atoms with Crippen molar-refractivity contribution < 1.29 is 23.5 Å². The van der Waals surface area contributed by atoms with E-state index in [4.69, 9.17) is 32.4 Å². The second-order valence-corrected chi connectivity index (χ2v) is 8.55. The van der Waals surface area contributed by atoms with Crippen LogP contribution in [0.4, 0.5) is 0 Å². The van der Waals surface area contributed by atoms with Crippen molar-refractivity contribution in [2.24, 2.45) is 0 Å². The lowest BCUT2D eigenvalue weighted by Crippen LogP contribution is -2.33.